The molecule has 44 heavy (non-hydrogen) atoms. The van der Waals surface area contributed by atoms with Crippen LogP contribution in [0.3, 0.4) is 0 Å². The van der Waals surface area contributed by atoms with Crippen LogP contribution in [0.25, 0.3) is 29.9 Å². The number of thiophene rings is 4. The van der Waals surface area contributed by atoms with E-state index < -0.39 is 8.07 Å². The van der Waals surface area contributed by atoms with Crippen molar-refractivity contribution in [2.75, 3.05) is 0 Å². The average Bonchev–Trinajstić information content (AvgIpc) is 3.92. The largest absolute Gasteiger partial charge is 0.183 e. The Labute approximate surface area is 277 Å². The quantitative estimate of drug-likeness (QED) is 0.143. The van der Waals surface area contributed by atoms with Crippen LogP contribution in [0.15, 0.2) is 131 Å². The third kappa shape index (κ3) is 4.39. The maximum Gasteiger partial charge on any atom is 0.183 e. The van der Waals surface area contributed by atoms with Crippen LogP contribution < -0.4 is 10.4 Å². The maximum atomic E-state index is 2.46. The molecule has 8 rings (SSSR count). The smallest absolute Gasteiger partial charge is 0.143 e. The van der Waals surface area contributed by atoms with Crippen LogP contribution in [0.4, 0.5) is 0 Å². The molecule has 6 aromatic rings. The van der Waals surface area contributed by atoms with Gasteiger partial charge in [0.15, 0.2) is 8.07 Å². The number of hydrogen-bond donors (Lipinski definition) is 0. The molecule has 0 amide bonds. The van der Waals surface area contributed by atoms with Gasteiger partial charge < -0.3 is 0 Å². The molecule has 218 valence electrons. The molecule has 0 saturated heterocycles. The van der Waals surface area contributed by atoms with Crippen molar-refractivity contribution in [2.24, 2.45) is 5.41 Å². The molecule has 1 aliphatic heterocycles. The number of benzene rings is 2. The minimum Gasteiger partial charge on any atom is -0.143 e. The molecule has 0 spiro atoms. The SMILES string of the molecule is CCC1(CC)CC2=C(c3ccc(-c4cccs4)s3)[Si](c3ccccc3)(c3ccccc3)C(c3ccc(-c4cccs4)s3)=C2C1. The van der Waals surface area contributed by atoms with E-state index in [1.807, 2.05) is 45.3 Å². The van der Waals surface area contributed by atoms with Gasteiger partial charge in [-0.15, -0.1) is 45.3 Å². The lowest BCUT2D eigenvalue weighted by Crippen LogP contribution is -2.59. The summed E-state index contributed by atoms with van der Waals surface area (Å²) >= 11 is 7.72. The van der Waals surface area contributed by atoms with E-state index in [1.54, 1.807) is 21.5 Å². The first-order valence-electron chi connectivity index (χ1n) is 15.5. The van der Waals surface area contributed by atoms with E-state index in [4.69, 9.17) is 0 Å². The van der Waals surface area contributed by atoms with Crippen molar-refractivity contribution in [2.45, 2.75) is 39.5 Å². The van der Waals surface area contributed by atoms with Gasteiger partial charge >= 0.3 is 0 Å². The van der Waals surface area contributed by atoms with Gasteiger partial charge in [-0.25, -0.2) is 0 Å². The second-order valence-electron chi connectivity index (χ2n) is 12.0. The molecule has 0 nitrogen and oxygen atoms in total. The van der Waals surface area contributed by atoms with E-state index in [0.717, 1.165) is 0 Å². The lowest BCUT2D eigenvalue weighted by Gasteiger charge is -2.36. The monoisotopic (exact) mass is 658 g/mol. The zero-order valence-electron chi connectivity index (χ0n) is 25.0. The lowest BCUT2D eigenvalue weighted by atomic mass is 9.80. The second kappa shape index (κ2) is 11.4. The Balaban J connectivity index is 1.47. The number of hydrogen-bond acceptors (Lipinski definition) is 4. The van der Waals surface area contributed by atoms with E-state index >= 15 is 0 Å². The topological polar surface area (TPSA) is 0 Å². The van der Waals surface area contributed by atoms with Gasteiger partial charge in [-0.05, 0) is 110 Å². The number of fused-ring (bicyclic) bond motifs is 1. The molecule has 1 fully saturated rings. The Morgan fingerprint density at radius 1 is 0.500 bits per heavy atom. The third-order valence-corrected chi connectivity index (χ3v) is 19.7. The highest BCUT2D eigenvalue weighted by molar-refractivity contribution is 7.33. The Morgan fingerprint density at radius 3 is 1.32 bits per heavy atom. The molecule has 1 saturated carbocycles. The van der Waals surface area contributed by atoms with Gasteiger partial charge in [-0.1, -0.05) is 86.6 Å². The minimum absolute atomic E-state index is 0.330. The first-order valence-corrected chi connectivity index (χ1v) is 20.9. The van der Waals surface area contributed by atoms with Crippen LogP contribution in [-0.4, -0.2) is 8.07 Å². The summed E-state index contributed by atoms with van der Waals surface area (Å²) in [6.07, 6.45) is 4.80. The Bertz CT molecular complexity index is 1820. The summed E-state index contributed by atoms with van der Waals surface area (Å²) in [7, 11) is -2.67. The Hall–Kier alpha value is -3.06. The lowest BCUT2D eigenvalue weighted by molar-refractivity contribution is 0.287. The van der Waals surface area contributed by atoms with Crippen molar-refractivity contribution in [3.8, 4) is 19.5 Å². The van der Waals surface area contributed by atoms with E-state index in [-0.39, 0.29) is 0 Å². The van der Waals surface area contributed by atoms with Gasteiger partial charge in [-0.2, -0.15) is 0 Å². The van der Waals surface area contributed by atoms with Crippen molar-refractivity contribution < 1.29 is 0 Å². The predicted octanol–water partition coefficient (Wildman–Crippen LogP) is 11.4. The van der Waals surface area contributed by atoms with Gasteiger partial charge in [0.05, 0.1) is 0 Å². The maximum absolute atomic E-state index is 2.67. The van der Waals surface area contributed by atoms with E-state index in [1.165, 1.54) is 65.3 Å². The van der Waals surface area contributed by atoms with Crippen molar-refractivity contribution in [3.63, 3.8) is 0 Å². The molecule has 2 aromatic carbocycles. The molecule has 0 N–H and O–H groups in total. The Morgan fingerprint density at radius 2 is 0.932 bits per heavy atom. The molecule has 2 aliphatic rings. The van der Waals surface area contributed by atoms with Gasteiger partial charge in [0, 0.05) is 29.3 Å². The zero-order valence-corrected chi connectivity index (χ0v) is 29.3. The molecular formula is C39H34S4Si. The summed E-state index contributed by atoms with van der Waals surface area (Å²) in [6.45, 7) is 4.84. The van der Waals surface area contributed by atoms with Gasteiger partial charge in [0.2, 0.25) is 0 Å². The molecule has 1 aliphatic carbocycles. The minimum atomic E-state index is -2.67. The first kappa shape index (κ1) is 28.4. The van der Waals surface area contributed by atoms with Gasteiger partial charge in [0.1, 0.15) is 0 Å². The average molecular weight is 659 g/mol. The Kier molecular flexibility index (Phi) is 7.35. The number of allylic oxidation sites excluding steroid dienone is 2. The summed E-state index contributed by atoms with van der Waals surface area (Å²) in [4.78, 5) is 8.43. The molecule has 4 aromatic heterocycles. The van der Waals surface area contributed by atoms with Gasteiger partial charge in [-0.3, -0.25) is 0 Å². The second-order valence-corrected chi connectivity index (χ2v) is 19.7. The highest BCUT2D eigenvalue weighted by Crippen LogP contribution is 2.62. The first-order chi connectivity index (χ1) is 21.7. The normalized spacial score (nSPS) is 17.0. The van der Waals surface area contributed by atoms with Crippen LogP contribution in [0.2, 0.25) is 0 Å². The molecule has 5 heterocycles. The molecule has 0 bridgehead atoms. The summed E-state index contributed by atoms with van der Waals surface area (Å²) < 4.78 is 0. The molecule has 0 atom stereocenters. The van der Waals surface area contributed by atoms with E-state index in [2.05, 4.69) is 134 Å². The standard InChI is InChI=1S/C39H34S4Si/c1-3-39(4-2)25-29-30(26-39)38(36-22-20-34(43-36)32-18-12-24-41-32)44(27-13-7-5-8-14-27,28-15-9-6-10-16-28)37(29)35-21-19-33(42-35)31-17-11-23-40-31/h5-24H,3-4,25-26H2,1-2H3. The van der Waals surface area contributed by atoms with Crippen molar-refractivity contribution in [1.82, 2.24) is 0 Å². The fourth-order valence-electron chi connectivity index (χ4n) is 7.67. The molecule has 0 radical (unpaired) electrons. The summed E-state index contributed by atoms with van der Waals surface area (Å²) in [6, 6.07) is 41.8. The van der Waals surface area contributed by atoms with E-state index in [0.29, 0.717) is 5.41 Å². The summed E-state index contributed by atoms with van der Waals surface area (Å²) in [5, 5.41) is 10.7. The van der Waals surface area contributed by atoms with Crippen LogP contribution in [-0.2, 0) is 0 Å². The zero-order chi connectivity index (χ0) is 29.7. The third-order valence-electron chi connectivity index (χ3n) is 9.97. The fraction of sp³-hybridized carbons (Fsp3) is 0.179. The molecular weight excluding hydrogens is 625 g/mol. The number of rotatable bonds is 8. The highest BCUT2D eigenvalue weighted by Gasteiger charge is 2.56. The van der Waals surface area contributed by atoms with Crippen LogP contribution in [0, 0.1) is 5.41 Å². The summed E-state index contributed by atoms with van der Waals surface area (Å²) in [5.41, 5.74) is 3.65. The van der Waals surface area contributed by atoms with Crippen molar-refractivity contribution in [3.05, 3.63) is 141 Å². The molecule has 5 heteroatoms. The summed E-state index contributed by atoms with van der Waals surface area (Å²) in [5.74, 6) is 0. The molecule has 0 unspecified atom stereocenters. The van der Waals surface area contributed by atoms with Crippen molar-refractivity contribution >= 4 is 74.2 Å². The van der Waals surface area contributed by atoms with Crippen molar-refractivity contribution in [1.29, 1.82) is 0 Å². The van der Waals surface area contributed by atoms with Crippen LogP contribution >= 0.6 is 45.3 Å². The fourth-order valence-corrected chi connectivity index (χ4v) is 17.9. The van der Waals surface area contributed by atoms with Crippen LogP contribution in [0.1, 0.15) is 49.3 Å². The predicted molar refractivity (Wildman–Crippen MR) is 199 cm³/mol. The van der Waals surface area contributed by atoms with Crippen LogP contribution in [0.5, 0.6) is 0 Å². The van der Waals surface area contributed by atoms with E-state index in [9.17, 15) is 0 Å². The van der Waals surface area contributed by atoms with Gasteiger partial charge in [0.25, 0.3) is 0 Å². The highest BCUT2D eigenvalue weighted by atomic mass is 32.1.